The Morgan fingerprint density at radius 3 is 2.32 bits per heavy atom. The minimum absolute atomic E-state index is 0.0414. The molecule has 0 saturated carbocycles. The fraction of sp³-hybridized carbons (Fsp3) is 0.400. The monoisotopic (exact) mass is 532 g/mol. The van der Waals surface area contributed by atoms with Gasteiger partial charge in [-0.2, -0.15) is 18.3 Å². The smallest absolute Gasteiger partial charge is 0.360 e. The molecule has 0 radical (unpaired) electrons. The number of rotatable bonds is 7. The highest BCUT2D eigenvalue weighted by atomic mass is 19.4. The van der Waals surface area contributed by atoms with Crippen molar-refractivity contribution in [3.8, 4) is 0 Å². The normalized spacial score (nSPS) is 11.7. The molecule has 4 heterocycles. The number of nitrogens with zero attached hydrogens (tertiary/aromatic N) is 6. The van der Waals surface area contributed by atoms with Gasteiger partial charge in [-0.3, -0.25) is 9.69 Å². The van der Waals surface area contributed by atoms with Crippen LogP contribution in [0, 0.1) is 6.92 Å². The predicted molar refractivity (Wildman–Crippen MR) is 137 cm³/mol. The number of pyridine rings is 1. The van der Waals surface area contributed by atoms with E-state index in [1.807, 2.05) is 0 Å². The molecule has 0 aliphatic rings. The molecule has 13 heteroatoms. The number of hydrogen-bond donors (Lipinski definition) is 2. The molecule has 4 rings (SSSR count). The van der Waals surface area contributed by atoms with Gasteiger partial charge in [0.2, 0.25) is 0 Å². The molecule has 0 aliphatic carbocycles. The summed E-state index contributed by atoms with van der Waals surface area (Å²) in [6, 6.07) is 7.89. The average Bonchev–Trinajstić information content (AvgIpc) is 3.44. The van der Waals surface area contributed by atoms with Crippen molar-refractivity contribution in [1.82, 2.24) is 29.6 Å². The standard InChI is InChI=1S/C17H12F3N7O2.C8H19N/c1-9-7-14(26-29-9)25-16(28)10-8-21-27-6-5-13(24-15(10)27)23-12-4-2-3-11(22-12)17(18,19)20;1-6-9(7(2)3)8(4)5/h2-8H,1H3,(H,22,23,24)(H,25,26,28);7-8H,6H2,1-5H3. The highest BCUT2D eigenvalue weighted by molar-refractivity contribution is 6.07. The van der Waals surface area contributed by atoms with Crippen LogP contribution in [0.4, 0.5) is 30.6 Å². The van der Waals surface area contributed by atoms with E-state index in [4.69, 9.17) is 4.52 Å². The number of nitrogens with one attached hydrogen (secondary N) is 2. The molecule has 4 aromatic heterocycles. The molecule has 4 aromatic rings. The van der Waals surface area contributed by atoms with Gasteiger partial charge in [0.05, 0.1) is 6.20 Å². The zero-order valence-corrected chi connectivity index (χ0v) is 22.0. The van der Waals surface area contributed by atoms with Crippen LogP contribution < -0.4 is 10.6 Å². The number of fused-ring (bicyclic) bond motifs is 1. The van der Waals surface area contributed by atoms with E-state index >= 15 is 0 Å². The van der Waals surface area contributed by atoms with Crippen molar-refractivity contribution in [2.75, 3.05) is 17.2 Å². The first-order valence-electron chi connectivity index (χ1n) is 12.0. The van der Waals surface area contributed by atoms with Crippen LogP contribution in [0.1, 0.15) is 56.4 Å². The lowest BCUT2D eigenvalue weighted by molar-refractivity contribution is -0.141. The Bertz CT molecular complexity index is 1360. The Morgan fingerprint density at radius 1 is 1.08 bits per heavy atom. The van der Waals surface area contributed by atoms with E-state index in [1.165, 1.54) is 35.1 Å². The quantitative estimate of drug-likeness (QED) is 0.318. The summed E-state index contributed by atoms with van der Waals surface area (Å²) in [6.07, 6.45) is -1.74. The number of hydrogen-bond acceptors (Lipinski definition) is 8. The van der Waals surface area contributed by atoms with Gasteiger partial charge in [-0.25, -0.2) is 14.5 Å². The molecular formula is C25H31F3N8O2. The lowest BCUT2D eigenvalue weighted by Gasteiger charge is -2.28. The molecule has 2 N–H and O–H groups in total. The van der Waals surface area contributed by atoms with E-state index in [1.54, 1.807) is 13.0 Å². The Balaban J connectivity index is 0.000000383. The van der Waals surface area contributed by atoms with Gasteiger partial charge in [0, 0.05) is 24.3 Å². The Labute approximate surface area is 218 Å². The fourth-order valence-electron chi connectivity index (χ4n) is 3.83. The van der Waals surface area contributed by atoms with Crippen molar-refractivity contribution in [2.45, 2.75) is 59.8 Å². The fourth-order valence-corrected chi connectivity index (χ4v) is 3.83. The van der Waals surface area contributed by atoms with Crippen LogP contribution >= 0.6 is 0 Å². The largest absolute Gasteiger partial charge is 0.433 e. The summed E-state index contributed by atoms with van der Waals surface area (Å²) in [5.74, 6) is 0.388. The summed E-state index contributed by atoms with van der Waals surface area (Å²) in [6.45, 7) is 14.0. The minimum Gasteiger partial charge on any atom is -0.360 e. The van der Waals surface area contributed by atoms with Gasteiger partial charge in [-0.15, -0.1) is 0 Å². The first-order chi connectivity index (χ1) is 17.9. The summed E-state index contributed by atoms with van der Waals surface area (Å²) in [7, 11) is 0. The zero-order chi connectivity index (χ0) is 28.0. The third-order valence-electron chi connectivity index (χ3n) is 5.47. The molecular weight excluding hydrogens is 501 g/mol. The van der Waals surface area contributed by atoms with Crippen molar-refractivity contribution in [1.29, 1.82) is 0 Å². The second-order valence-corrected chi connectivity index (χ2v) is 8.96. The predicted octanol–water partition coefficient (Wildman–Crippen LogP) is 5.56. The first kappa shape index (κ1) is 28.6. The second kappa shape index (κ2) is 12.0. The number of aryl methyl sites for hydroxylation is 1. The van der Waals surface area contributed by atoms with Gasteiger partial charge in [0.15, 0.2) is 11.5 Å². The maximum Gasteiger partial charge on any atom is 0.433 e. The lowest BCUT2D eigenvalue weighted by Crippen LogP contribution is -2.36. The van der Waals surface area contributed by atoms with Gasteiger partial charge in [-0.1, -0.05) is 18.1 Å². The topological polar surface area (TPSA) is 113 Å². The highest BCUT2D eigenvalue weighted by Gasteiger charge is 2.32. The average molecular weight is 533 g/mol. The lowest BCUT2D eigenvalue weighted by atomic mass is 10.2. The van der Waals surface area contributed by atoms with Gasteiger partial charge in [-0.05, 0) is 59.4 Å². The van der Waals surface area contributed by atoms with Crippen LogP contribution in [0.5, 0.6) is 0 Å². The summed E-state index contributed by atoms with van der Waals surface area (Å²) in [5.41, 5.74) is -0.693. The molecule has 38 heavy (non-hydrogen) atoms. The van der Waals surface area contributed by atoms with Gasteiger partial charge < -0.3 is 15.2 Å². The molecule has 0 unspecified atom stereocenters. The Kier molecular flexibility index (Phi) is 9.04. The summed E-state index contributed by atoms with van der Waals surface area (Å²) in [5, 5.41) is 13.0. The number of alkyl halides is 3. The van der Waals surface area contributed by atoms with Crippen molar-refractivity contribution < 1.29 is 22.5 Å². The summed E-state index contributed by atoms with van der Waals surface area (Å²) in [4.78, 5) is 22.7. The van der Waals surface area contributed by atoms with Crippen molar-refractivity contribution in [2.24, 2.45) is 0 Å². The molecule has 0 saturated heterocycles. The maximum absolute atomic E-state index is 12.8. The molecule has 0 fully saturated rings. The number of carbonyl (C=O) groups is 1. The third kappa shape index (κ3) is 7.28. The molecule has 0 bridgehead atoms. The number of aromatic nitrogens is 5. The molecule has 0 atom stereocenters. The SMILES string of the molecule is CCN(C(C)C)C(C)C.Cc1cc(NC(=O)c2cnn3ccc(Nc4cccc(C(F)(F)F)n4)nc23)no1. The first-order valence-corrected chi connectivity index (χ1v) is 12.0. The van der Waals surface area contributed by atoms with E-state index < -0.39 is 17.8 Å². The van der Waals surface area contributed by atoms with Gasteiger partial charge in [0.25, 0.3) is 5.91 Å². The molecule has 0 aromatic carbocycles. The van der Waals surface area contributed by atoms with E-state index in [9.17, 15) is 18.0 Å². The summed E-state index contributed by atoms with van der Waals surface area (Å²) >= 11 is 0. The second-order valence-electron chi connectivity index (χ2n) is 8.96. The zero-order valence-electron chi connectivity index (χ0n) is 22.0. The van der Waals surface area contributed by atoms with Crippen LogP contribution in [0.25, 0.3) is 5.65 Å². The number of halogens is 3. The van der Waals surface area contributed by atoms with E-state index in [0.717, 1.165) is 12.6 Å². The highest BCUT2D eigenvalue weighted by Crippen LogP contribution is 2.28. The minimum atomic E-state index is -4.56. The van der Waals surface area contributed by atoms with E-state index in [2.05, 4.69) is 70.4 Å². The Morgan fingerprint density at radius 2 is 1.76 bits per heavy atom. The maximum atomic E-state index is 12.8. The number of amides is 1. The van der Waals surface area contributed by atoms with Gasteiger partial charge >= 0.3 is 6.18 Å². The molecule has 0 spiro atoms. The molecule has 204 valence electrons. The number of anilines is 3. The van der Waals surface area contributed by atoms with Crippen LogP contribution in [0.3, 0.4) is 0 Å². The van der Waals surface area contributed by atoms with Crippen molar-refractivity contribution >= 4 is 29.0 Å². The summed E-state index contributed by atoms with van der Waals surface area (Å²) < 4.78 is 44.7. The third-order valence-corrected chi connectivity index (χ3v) is 5.47. The van der Waals surface area contributed by atoms with Crippen molar-refractivity contribution in [3.05, 3.63) is 59.7 Å². The van der Waals surface area contributed by atoms with Crippen LogP contribution in [-0.4, -0.2) is 54.2 Å². The van der Waals surface area contributed by atoms with Crippen molar-refractivity contribution in [3.63, 3.8) is 0 Å². The van der Waals surface area contributed by atoms with Crippen LogP contribution in [0.2, 0.25) is 0 Å². The van der Waals surface area contributed by atoms with E-state index in [-0.39, 0.29) is 28.7 Å². The van der Waals surface area contributed by atoms with Crippen LogP contribution in [-0.2, 0) is 6.18 Å². The Hall–Kier alpha value is -4.00. The van der Waals surface area contributed by atoms with Crippen LogP contribution in [0.15, 0.2) is 47.2 Å². The number of carbonyl (C=O) groups excluding carboxylic acids is 1. The van der Waals surface area contributed by atoms with Gasteiger partial charge in [0.1, 0.15) is 28.7 Å². The van der Waals surface area contributed by atoms with E-state index in [0.29, 0.717) is 17.8 Å². The molecule has 1 amide bonds. The molecule has 10 nitrogen and oxygen atoms in total. The molecule has 0 aliphatic heterocycles.